The van der Waals surface area contributed by atoms with Gasteiger partial charge >= 0.3 is 0 Å². The van der Waals surface area contributed by atoms with E-state index in [0.717, 1.165) is 42.6 Å². The number of rotatable bonds is 4. The average Bonchev–Trinajstić information content (AvgIpc) is 2.40. The second-order valence-electron chi connectivity index (χ2n) is 4.49. The second kappa shape index (κ2) is 9.74. The van der Waals surface area contributed by atoms with E-state index < -0.39 is 0 Å². The maximum absolute atomic E-state index is 14.0. The molecule has 1 heterocycles. The predicted molar refractivity (Wildman–Crippen MR) is 90.6 cm³/mol. The van der Waals surface area contributed by atoms with Crippen LogP contribution in [0.2, 0.25) is 0 Å². The van der Waals surface area contributed by atoms with Gasteiger partial charge in [-0.1, -0.05) is 22.0 Å². The van der Waals surface area contributed by atoms with E-state index in [1.807, 2.05) is 12.1 Å². The van der Waals surface area contributed by atoms with Crippen molar-refractivity contribution >= 4 is 40.7 Å². The van der Waals surface area contributed by atoms with E-state index >= 15 is 0 Å². The molecule has 1 aromatic carbocycles. The molecule has 0 unspecified atom stereocenters. The van der Waals surface area contributed by atoms with Crippen molar-refractivity contribution in [1.29, 1.82) is 0 Å². The minimum Gasteiger partial charge on any atom is -0.314 e. The molecule has 1 aromatic rings. The van der Waals surface area contributed by atoms with E-state index in [4.69, 9.17) is 0 Å². The number of nitrogens with zero attached hydrogens (tertiary/aromatic N) is 1. The van der Waals surface area contributed by atoms with Gasteiger partial charge in [-0.25, -0.2) is 4.39 Å². The number of nitrogens with one attached hydrogen (secondary N) is 1. The molecule has 1 aliphatic heterocycles. The second-order valence-corrected chi connectivity index (χ2v) is 5.41. The first kappa shape index (κ1) is 19.9. The van der Waals surface area contributed by atoms with Crippen LogP contribution in [-0.4, -0.2) is 31.1 Å². The Morgan fingerprint density at radius 1 is 1.35 bits per heavy atom. The molecule has 0 bridgehead atoms. The summed E-state index contributed by atoms with van der Waals surface area (Å²) in [7, 11) is 0. The van der Waals surface area contributed by atoms with Crippen LogP contribution in [0.15, 0.2) is 35.3 Å². The molecule has 0 saturated carbocycles. The van der Waals surface area contributed by atoms with Crippen LogP contribution in [0, 0.1) is 5.82 Å². The first-order valence-corrected chi connectivity index (χ1v) is 7.02. The van der Waals surface area contributed by atoms with Crippen LogP contribution in [-0.2, 0) is 0 Å². The molecule has 1 N–H and O–H groups in total. The highest BCUT2D eigenvalue weighted by Gasteiger charge is 2.23. The van der Waals surface area contributed by atoms with Crippen LogP contribution in [0.3, 0.4) is 0 Å². The minimum atomic E-state index is -0.136. The first-order valence-electron chi connectivity index (χ1n) is 6.23. The van der Waals surface area contributed by atoms with Crippen LogP contribution in [0.4, 0.5) is 4.39 Å². The zero-order valence-corrected chi connectivity index (χ0v) is 14.4. The zero-order valence-electron chi connectivity index (χ0n) is 11.1. The van der Waals surface area contributed by atoms with E-state index in [2.05, 4.69) is 32.7 Å². The molecule has 20 heavy (non-hydrogen) atoms. The Labute approximate surface area is 140 Å². The lowest BCUT2D eigenvalue weighted by atomic mass is 10.0. The standard InChI is InChI=1S/C14H18BrFN2.2ClH/c1-2-3-14(18-8-6-17-7-9-18)12-10-11(15)4-5-13(12)16;;/h2,4-5,10,14,17H,1,3,6-9H2;2*1H/t14-;;/m0../s1. The van der Waals surface area contributed by atoms with Crippen molar-refractivity contribution in [3.05, 3.63) is 46.7 Å². The fourth-order valence-electron chi connectivity index (χ4n) is 2.39. The molecule has 0 radical (unpaired) electrons. The average molecular weight is 386 g/mol. The van der Waals surface area contributed by atoms with Crippen LogP contribution in [0.1, 0.15) is 18.0 Å². The summed E-state index contributed by atoms with van der Waals surface area (Å²) in [6, 6.07) is 5.23. The Bertz CT molecular complexity index is 426. The Kier molecular flexibility index (Phi) is 9.68. The monoisotopic (exact) mass is 384 g/mol. The predicted octanol–water partition coefficient (Wildman–Crippen LogP) is 3.95. The Morgan fingerprint density at radius 2 is 2.00 bits per heavy atom. The highest BCUT2D eigenvalue weighted by Crippen LogP contribution is 2.29. The highest BCUT2D eigenvalue weighted by molar-refractivity contribution is 9.10. The van der Waals surface area contributed by atoms with Gasteiger partial charge < -0.3 is 5.32 Å². The molecule has 0 aromatic heterocycles. The van der Waals surface area contributed by atoms with Crippen LogP contribution in [0.5, 0.6) is 0 Å². The normalized spacial score (nSPS) is 16.7. The third-order valence-corrected chi connectivity index (χ3v) is 3.79. The Hall–Kier alpha value is -0.130. The van der Waals surface area contributed by atoms with Crippen molar-refractivity contribution < 1.29 is 4.39 Å². The molecule has 1 aliphatic rings. The van der Waals surface area contributed by atoms with E-state index in [-0.39, 0.29) is 36.7 Å². The summed E-state index contributed by atoms with van der Waals surface area (Å²) < 4.78 is 14.9. The number of benzene rings is 1. The third kappa shape index (κ3) is 5.01. The number of hydrogen-bond donors (Lipinski definition) is 1. The molecule has 2 nitrogen and oxygen atoms in total. The van der Waals surface area contributed by atoms with Gasteiger partial charge in [0.15, 0.2) is 0 Å². The molecule has 0 aliphatic carbocycles. The highest BCUT2D eigenvalue weighted by atomic mass is 79.9. The number of hydrogen-bond acceptors (Lipinski definition) is 2. The van der Waals surface area contributed by atoms with Crippen molar-refractivity contribution in [1.82, 2.24) is 10.2 Å². The summed E-state index contributed by atoms with van der Waals surface area (Å²) in [6.07, 6.45) is 2.64. The van der Waals surface area contributed by atoms with E-state index in [9.17, 15) is 4.39 Å². The quantitative estimate of drug-likeness (QED) is 0.789. The lowest BCUT2D eigenvalue weighted by molar-refractivity contribution is 0.171. The maximum Gasteiger partial charge on any atom is 0.128 e. The molecule has 2 rings (SSSR count). The van der Waals surface area contributed by atoms with E-state index in [1.165, 1.54) is 6.07 Å². The summed E-state index contributed by atoms with van der Waals surface area (Å²) in [5.41, 5.74) is 0.756. The fraction of sp³-hybridized carbons (Fsp3) is 0.429. The van der Waals surface area contributed by atoms with Crippen LogP contribution in [0.25, 0.3) is 0 Å². The first-order chi connectivity index (χ1) is 8.72. The van der Waals surface area contributed by atoms with Gasteiger partial charge in [0.1, 0.15) is 5.82 Å². The fourth-order valence-corrected chi connectivity index (χ4v) is 2.77. The van der Waals surface area contributed by atoms with Crippen molar-refractivity contribution in [3.8, 4) is 0 Å². The summed E-state index contributed by atoms with van der Waals surface area (Å²) in [5, 5.41) is 3.32. The molecule has 1 saturated heterocycles. The molecular weight excluding hydrogens is 366 g/mol. The van der Waals surface area contributed by atoms with Gasteiger partial charge in [-0.15, -0.1) is 31.4 Å². The molecule has 0 spiro atoms. The van der Waals surface area contributed by atoms with Crippen LogP contribution < -0.4 is 5.32 Å². The molecule has 0 amide bonds. The van der Waals surface area contributed by atoms with Gasteiger partial charge in [0.25, 0.3) is 0 Å². The summed E-state index contributed by atoms with van der Waals surface area (Å²) in [4.78, 5) is 2.32. The van der Waals surface area contributed by atoms with Crippen molar-refractivity contribution in [2.75, 3.05) is 26.2 Å². The lowest BCUT2D eigenvalue weighted by Crippen LogP contribution is -2.45. The maximum atomic E-state index is 14.0. The number of piperazine rings is 1. The van der Waals surface area contributed by atoms with E-state index in [0.29, 0.717) is 0 Å². The summed E-state index contributed by atoms with van der Waals surface area (Å²) >= 11 is 3.42. The molecule has 6 heteroatoms. The molecule has 1 fully saturated rings. The molecular formula is C14H20BrCl2FN2. The Balaban J connectivity index is 0.00000180. The minimum absolute atomic E-state index is 0. The van der Waals surface area contributed by atoms with Gasteiger partial charge in [-0.2, -0.15) is 0 Å². The molecule has 114 valence electrons. The van der Waals surface area contributed by atoms with Gasteiger partial charge in [0.2, 0.25) is 0 Å². The van der Waals surface area contributed by atoms with Gasteiger partial charge in [-0.05, 0) is 24.6 Å². The zero-order chi connectivity index (χ0) is 13.0. The number of halogens is 4. The summed E-state index contributed by atoms with van der Waals surface area (Å²) in [6.45, 7) is 7.62. The van der Waals surface area contributed by atoms with Crippen molar-refractivity contribution in [3.63, 3.8) is 0 Å². The molecule has 1 atom stereocenters. The topological polar surface area (TPSA) is 15.3 Å². The van der Waals surface area contributed by atoms with Crippen molar-refractivity contribution in [2.24, 2.45) is 0 Å². The largest absolute Gasteiger partial charge is 0.314 e. The SMILES string of the molecule is C=CC[C@@H](c1cc(Br)ccc1F)N1CCNCC1.Cl.Cl. The van der Waals surface area contributed by atoms with Crippen LogP contribution >= 0.6 is 40.7 Å². The lowest BCUT2D eigenvalue weighted by Gasteiger charge is -2.35. The third-order valence-electron chi connectivity index (χ3n) is 3.30. The smallest absolute Gasteiger partial charge is 0.128 e. The van der Waals surface area contributed by atoms with Gasteiger partial charge in [-0.3, -0.25) is 4.90 Å². The van der Waals surface area contributed by atoms with E-state index in [1.54, 1.807) is 6.07 Å². The summed E-state index contributed by atoms with van der Waals surface area (Å²) in [5.74, 6) is -0.136. The van der Waals surface area contributed by atoms with Gasteiger partial charge in [0, 0.05) is 42.3 Å². The Morgan fingerprint density at radius 3 is 2.60 bits per heavy atom. The van der Waals surface area contributed by atoms with Crippen molar-refractivity contribution in [2.45, 2.75) is 12.5 Å². The van der Waals surface area contributed by atoms with Gasteiger partial charge in [0.05, 0.1) is 0 Å².